The Morgan fingerprint density at radius 2 is 2.30 bits per heavy atom. The molecule has 8 heteroatoms. The third kappa shape index (κ3) is 3.52. The van der Waals surface area contributed by atoms with E-state index in [-0.39, 0.29) is 24.5 Å². The van der Waals surface area contributed by atoms with Gasteiger partial charge in [0.2, 0.25) is 5.91 Å². The molecule has 3 heterocycles. The van der Waals surface area contributed by atoms with Gasteiger partial charge in [-0.25, -0.2) is 9.78 Å². The van der Waals surface area contributed by atoms with Crippen LogP contribution in [0.15, 0.2) is 18.6 Å². The number of likely N-dealkylation sites (tertiary alicyclic amines) is 1. The number of rotatable bonds is 4. The summed E-state index contributed by atoms with van der Waals surface area (Å²) in [6.45, 7) is 3.04. The summed E-state index contributed by atoms with van der Waals surface area (Å²) in [7, 11) is 1.83. The predicted octanol–water partition coefficient (Wildman–Crippen LogP) is -0.0710. The Morgan fingerprint density at radius 3 is 3.00 bits per heavy atom. The fraction of sp³-hybridized carbons (Fsp3) is 0.600. The smallest absolute Gasteiger partial charge is 0.317 e. The van der Waals surface area contributed by atoms with E-state index in [2.05, 4.69) is 15.3 Å². The fourth-order valence-corrected chi connectivity index (χ4v) is 3.14. The monoisotopic (exact) mass is 318 g/mol. The van der Waals surface area contributed by atoms with Crippen LogP contribution in [-0.4, -0.2) is 77.5 Å². The Balaban J connectivity index is 1.57. The summed E-state index contributed by atoms with van der Waals surface area (Å²) in [5.74, 6) is 0.732. The number of hydrogen-bond donors (Lipinski definition) is 1. The standard InChI is InChI=1S/C15H22N6O2/c1-19(13-9-16-4-5-17-13)11-14(22)20-7-2-3-12(10-20)21-8-6-18-15(21)23/h4-5,9,12H,2-3,6-8,10-11H2,1H3,(H,18,23)/t12-/m0/s1. The van der Waals surface area contributed by atoms with Crippen molar-refractivity contribution in [3.63, 3.8) is 0 Å². The van der Waals surface area contributed by atoms with Gasteiger partial charge in [-0.05, 0) is 12.8 Å². The van der Waals surface area contributed by atoms with E-state index >= 15 is 0 Å². The number of nitrogens with one attached hydrogen (secondary N) is 1. The molecule has 0 aromatic carbocycles. The lowest BCUT2D eigenvalue weighted by Crippen LogP contribution is -2.52. The maximum absolute atomic E-state index is 12.5. The Hall–Kier alpha value is -2.38. The Bertz CT molecular complexity index is 566. The summed E-state index contributed by atoms with van der Waals surface area (Å²) in [5.41, 5.74) is 0. The van der Waals surface area contributed by atoms with Crippen molar-refractivity contribution in [1.82, 2.24) is 25.1 Å². The van der Waals surface area contributed by atoms with Crippen molar-refractivity contribution in [2.45, 2.75) is 18.9 Å². The van der Waals surface area contributed by atoms with Crippen LogP contribution < -0.4 is 10.2 Å². The highest BCUT2D eigenvalue weighted by molar-refractivity contribution is 5.81. The van der Waals surface area contributed by atoms with Crippen LogP contribution >= 0.6 is 0 Å². The first-order valence-electron chi connectivity index (χ1n) is 7.94. The minimum absolute atomic E-state index is 0.0130. The quantitative estimate of drug-likeness (QED) is 0.840. The van der Waals surface area contributed by atoms with Crippen molar-refractivity contribution in [2.75, 3.05) is 44.7 Å². The number of carbonyl (C=O) groups excluding carboxylic acids is 2. The molecule has 2 fully saturated rings. The molecule has 2 aliphatic rings. The molecule has 3 rings (SSSR count). The molecule has 1 aromatic heterocycles. The lowest BCUT2D eigenvalue weighted by atomic mass is 10.0. The minimum Gasteiger partial charge on any atom is -0.349 e. The van der Waals surface area contributed by atoms with Gasteiger partial charge in [-0.2, -0.15) is 0 Å². The van der Waals surface area contributed by atoms with Crippen LogP contribution in [0.25, 0.3) is 0 Å². The molecule has 8 nitrogen and oxygen atoms in total. The van der Waals surface area contributed by atoms with Gasteiger partial charge in [0.15, 0.2) is 0 Å². The summed E-state index contributed by atoms with van der Waals surface area (Å²) >= 11 is 0. The van der Waals surface area contributed by atoms with Crippen LogP contribution in [0.1, 0.15) is 12.8 Å². The van der Waals surface area contributed by atoms with Gasteiger partial charge in [0.05, 0.1) is 18.8 Å². The normalized spacial score (nSPS) is 21.3. The van der Waals surface area contributed by atoms with E-state index < -0.39 is 0 Å². The van der Waals surface area contributed by atoms with E-state index in [9.17, 15) is 9.59 Å². The maximum atomic E-state index is 12.5. The summed E-state index contributed by atoms with van der Waals surface area (Å²) in [6.07, 6.45) is 6.74. The number of hydrogen-bond acceptors (Lipinski definition) is 5. The highest BCUT2D eigenvalue weighted by Gasteiger charge is 2.32. The molecule has 23 heavy (non-hydrogen) atoms. The van der Waals surface area contributed by atoms with Crippen molar-refractivity contribution >= 4 is 17.8 Å². The second-order valence-corrected chi connectivity index (χ2v) is 5.98. The molecular weight excluding hydrogens is 296 g/mol. The van der Waals surface area contributed by atoms with Gasteiger partial charge in [-0.15, -0.1) is 0 Å². The molecule has 1 N–H and O–H groups in total. The second kappa shape index (κ2) is 6.80. The van der Waals surface area contributed by atoms with Crippen molar-refractivity contribution in [2.24, 2.45) is 0 Å². The zero-order valence-electron chi connectivity index (χ0n) is 13.3. The van der Waals surface area contributed by atoms with Crippen molar-refractivity contribution in [3.8, 4) is 0 Å². The average molecular weight is 318 g/mol. The van der Waals surface area contributed by atoms with Crippen molar-refractivity contribution in [3.05, 3.63) is 18.6 Å². The molecule has 2 saturated heterocycles. The van der Waals surface area contributed by atoms with Crippen molar-refractivity contribution < 1.29 is 9.59 Å². The van der Waals surface area contributed by atoms with Gasteiger partial charge in [0.25, 0.3) is 0 Å². The summed E-state index contributed by atoms with van der Waals surface area (Å²) in [6, 6.07) is 0.109. The van der Waals surface area contributed by atoms with Crippen LogP contribution in [0.5, 0.6) is 0 Å². The molecule has 124 valence electrons. The number of carbonyl (C=O) groups is 2. The number of aromatic nitrogens is 2. The molecule has 0 unspecified atom stereocenters. The lowest BCUT2D eigenvalue weighted by molar-refractivity contribution is -0.131. The number of urea groups is 1. The largest absolute Gasteiger partial charge is 0.349 e. The highest BCUT2D eigenvalue weighted by Crippen LogP contribution is 2.18. The Morgan fingerprint density at radius 1 is 1.43 bits per heavy atom. The second-order valence-electron chi connectivity index (χ2n) is 5.98. The third-order valence-electron chi connectivity index (χ3n) is 4.39. The van der Waals surface area contributed by atoms with Gasteiger partial charge >= 0.3 is 6.03 Å². The van der Waals surface area contributed by atoms with E-state index in [4.69, 9.17) is 0 Å². The first kappa shape index (κ1) is 15.5. The molecule has 3 amide bonds. The van der Waals surface area contributed by atoms with Gasteiger partial charge in [-0.3, -0.25) is 9.78 Å². The minimum atomic E-state index is -0.0130. The topological polar surface area (TPSA) is 81.7 Å². The molecule has 1 aromatic rings. The summed E-state index contributed by atoms with van der Waals surface area (Å²) in [4.78, 5) is 38.1. The third-order valence-corrected chi connectivity index (χ3v) is 4.39. The summed E-state index contributed by atoms with van der Waals surface area (Å²) < 4.78 is 0. The van der Waals surface area contributed by atoms with E-state index in [1.54, 1.807) is 23.5 Å². The number of amides is 3. The van der Waals surface area contributed by atoms with Crippen LogP contribution in [0.2, 0.25) is 0 Å². The first-order chi connectivity index (χ1) is 11.1. The maximum Gasteiger partial charge on any atom is 0.317 e. The fourth-order valence-electron chi connectivity index (χ4n) is 3.14. The van der Waals surface area contributed by atoms with E-state index in [1.807, 2.05) is 16.8 Å². The van der Waals surface area contributed by atoms with Gasteiger partial charge in [-0.1, -0.05) is 0 Å². The number of piperidine rings is 1. The summed E-state index contributed by atoms with van der Waals surface area (Å²) in [5, 5.41) is 2.82. The van der Waals surface area contributed by atoms with Crippen LogP contribution in [-0.2, 0) is 4.79 Å². The molecular formula is C15H22N6O2. The highest BCUT2D eigenvalue weighted by atomic mass is 16.2. The van der Waals surface area contributed by atoms with E-state index in [0.717, 1.165) is 25.9 Å². The molecule has 0 spiro atoms. The number of nitrogens with zero attached hydrogens (tertiary/aromatic N) is 5. The zero-order valence-corrected chi connectivity index (χ0v) is 13.3. The molecule has 0 bridgehead atoms. The van der Waals surface area contributed by atoms with Gasteiger partial charge in [0.1, 0.15) is 5.82 Å². The van der Waals surface area contributed by atoms with E-state index in [0.29, 0.717) is 18.9 Å². The zero-order chi connectivity index (χ0) is 16.2. The van der Waals surface area contributed by atoms with Crippen molar-refractivity contribution in [1.29, 1.82) is 0 Å². The Kier molecular flexibility index (Phi) is 4.59. The van der Waals surface area contributed by atoms with Crippen LogP contribution in [0.4, 0.5) is 10.6 Å². The van der Waals surface area contributed by atoms with Gasteiger partial charge in [0, 0.05) is 45.6 Å². The van der Waals surface area contributed by atoms with Crippen LogP contribution in [0.3, 0.4) is 0 Å². The Labute approximate surface area is 135 Å². The SMILES string of the molecule is CN(CC(=O)N1CCC[C@H](N2CCNC2=O)C1)c1cnccn1. The molecule has 2 aliphatic heterocycles. The van der Waals surface area contributed by atoms with Gasteiger partial charge < -0.3 is 20.0 Å². The molecule has 1 atom stereocenters. The lowest BCUT2D eigenvalue weighted by Gasteiger charge is -2.37. The molecule has 0 saturated carbocycles. The molecule has 0 aliphatic carbocycles. The van der Waals surface area contributed by atoms with Crippen LogP contribution in [0, 0.1) is 0 Å². The number of anilines is 1. The predicted molar refractivity (Wildman–Crippen MR) is 85.0 cm³/mol. The average Bonchev–Trinajstić information content (AvgIpc) is 3.02. The first-order valence-corrected chi connectivity index (χ1v) is 7.94. The van der Waals surface area contributed by atoms with E-state index in [1.165, 1.54) is 0 Å². The molecule has 0 radical (unpaired) electrons. The number of likely N-dealkylation sites (N-methyl/N-ethyl adjacent to an activating group) is 1.